The lowest BCUT2D eigenvalue weighted by molar-refractivity contribution is -0.135. The van der Waals surface area contributed by atoms with E-state index in [1.807, 2.05) is 18.7 Å². The van der Waals surface area contributed by atoms with Crippen LogP contribution in [0.4, 0.5) is 4.39 Å². The number of carbonyl (C=O) groups is 2. The number of amides is 2. The number of aryl methyl sites for hydroxylation is 1. The van der Waals surface area contributed by atoms with Gasteiger partial charge in [0.1, 0.15) is 5.82 Å². The van der Waals surface area contributed by atoms with Crippen LogP contribution in [0.3, 0.4) is 0 Å². The molecule has 202 valence electrons. The summed E-state index contributed by atoms with van der Waals surface area (Å²) in [6.45, 7) is 12.1. The zero-order valence-electron chi connectivity index (χ0n) is 22.7. The van der Waals surface area contributed by atoms with E-state index in [0.717, 1.165) is 72.9 Å². The predicted octanol–water partition coefficient (Wildman–Crippen LogP) is 4.61. The van der Waals surface area contributed by atoms with Crippen LogP contribution < -0.4 is 5.32 Å². The summed E-state index contributed by atoms with van der Waals surface area (Å²) in [7, 11) is 0. The molecule has 9 heteroatoms. The van der Waals surface area contributed by atoms with Gasteiger partial charge in [-0.05, 0) is 50.7 Å². The smallest absolute Gasteiger partial charge is 0.225 e. The van der Waals surface area contributed by atoms with Gasteiger partial charge in [-0.1, -0.05) is 20.8 Å². The first-order valence-corrected chi connectivity index (χ1v) is 14.6. The number of hydrogen-bond acceptors (Lipinski definition) is 5. The molecule has 3 aliphatic rings. The summed E-state index contributed by atoms with van der Waals surface area (Å²) in [5.41, 5.74) is 2.39. The molecule has 2 fully saturated rings. The third kappa shape index (κ3) is 4.97. The first kappa shape index (κ1) is 26.4. The Hall–Kier alpha value is -2.26. The van der Waals surface area contributed by atoms with E-state index in [1.165, 1.54) is 18.7 Å². The molecule has 1 saturated heterocycles. The number of aromatic nitrogens is 2. The third-order valence-electron chi connectivity index (χ3n) is 8.71. The molecule has 1 saturated carbocycles. The number of thiophene rings is 1. The SMILES string of the molecule is CCC1C2CC(n3c(C)nc4c3CN(C(=O)C(C)C)CC4)CC2N1CC[C@H](NC(C)=O)c1ccc(F)s1. The lowest BCUT2D eigenvalue weighted by Gasteiger charge is -2.53. The van der Waals surface area contributed by atoms with Gasteiger partial charge >= 0.3 is 0 Å². The first-order valence-electron chi connectivity index (χ1n) is 13.8. The quantitative estimate of drug-likeness (QED) is 0.542. The maximum absolute atomic E-state index is 13.7. The molecule has 5 atom stereocenters. The minimum Gasteiger partial charge on any atom is -0.349 e. The highest BCUT2D eigenvalue weighted by Gasteiger charge is 2.53. The minimum absolute atomic E-state index is 0.00667. The average molecular weight is 530 g/mol. The van der Waals surface area contributed by atoms with E-state index in [9.17, 15) is 14.0 Å². The number of hydrogen-bond donors (Lipinski definition) is 1. The number of carbonyl (C=O) groups excluding carboxylic acids is 2. The van der Waals surface area contributed by atoms with Crippen molar-refractivity contribution in [3.05, 3.63) is 39.4 Å². The minimum atomic E-state index is -0.216. The molecule has 2 aromatic heterocycles. The van der Waals surface area contributed by atoms with Crippen LogP contribution in [0.2, 0.25) is 0 Å². The third-order valence-corrected chi connectivity index (χ3v) is 9.69. The Morgan fingerprint density at radius 2 is 2.05 bits per heavy atom. The van der Waals surface area contributed by atoms with Gasteiger partial charge in [0.05, 0.1) is 24.0 Å². The van der Waals surface area contributed by atoms with Gasteiger partial charge in [-0.2, -0.15) is 4.39 Å². The zero-order valence-corrected chi connectivity index (χ0v) is 23.5. The highest BCUT2D eigenvalue weighted by atomic mass is 32.1. The topological polar surface area (TPSA) is 70.5 Å². The lowest BCUT2D eigenvalue weighted by Crippen LogP contribution is -2.61. The van der Waals surface area contributed by atoms with Crippen molar-refractivity contribution >= 4 is 23.2 Å². The molecular formula is C28H40FN5O2S. The van der Waals surface area contributed by atoms with Crippen LogP contribution >= 0.6 is 11.3 Å². The summed E-state index contributed by atoms with van der Waals surface area (Å²) >= 11 is 1.12. The van der Waals surface area contributed by atoms with Gasteiger partial charge in [-0.25, -0.2) is 4.98 Å². The number of halogens is 1. The van der Waals surface area contributed by atoms with Crippen molar-refractivity contribution in [2.45, 2.75) is 97.4 Å². The van der Waals surface area contributed by atoms with Crippen LogP contribution in [0.25, 0.3) is 0 Å². The average Bonchev–Trinajstić information content (AvgIpc) is 3.53. The molecule has 2 aliphatic heterocycles. The summed E-state index contributed by atoms with van der Waals surface area (Å²) in [4.78, 5) is 35.0. The summed E-state index contributed by atoms with van der Waals surface area (Å²) < 4.78 is 16.1. The summed E-state index contributed by atoms with van der Waals surface area (Å²) in [5.74, 6) is 1.87. The molecule has 0 spiro atoms. The lowest BCUT2D eigenvalue weighted by atomic mass is 9.80. The summed E-state index contributed by atoms with van der Waals surface area (Å²) in [6.07, 6.45) is 4.94. The van der Waals surface area contributed by atoms with Gasteiger partial charge in [0.15, 0.2) is 5.13 Å². The van der Waals surface area contributed by atoms with Crippen LogP contribution in [0.15, 0.2) is 12.1 Å². The van der Waals surface area contributed by atoms with Gasteiger partial charge in [-0.15, -0.1) is 11.3 Å². The fourth-order valence-electron chi connectivity index (χ4n) is 7.16. The molecule has 5 rings (SSSR count). The van der Waals surface area contributed by atoms with Crippen molar-refractivity contribution < 1.29 is 14.0 Å². The maximum Gasteiger partial charge on any atom is 0.225 e. The Balaban J connectivity index is 1.29. The molecular weight excluding hydrogens is 489 g/mol. The number of likely N-dealkylation sites (tertiary alicyclic amines) is 1. The first-order chi connectivity index (χ1) is 17.7. The Morgan fingerprint density at radius 3 is 2.70 bits per heavy atom. The number of fused-ring (bicyclic) bond motifs is 2. The highest BCUT2D eigenvalue weighted by Crippen LogP contribution is 2.51. The second kappa shape index (κ2) is 10.5. The van der Waals surface area contributed by atoms with E-state index >= 15 is 0 Å². The number of nitrogens with zero attached hydrogens (tertiary/aromatic N) is 4. The predicted molar refractivity (Wildman–Crippen MR) is 143 cm³/mol. The second-order valence-electron chi connectivity index (χ2n) is 11.3. The zero-order chi connectivity index (χ0) is 26.4. The fraction of sp³-hybridized carbons (Fsp3) is 0.679. The highest BCUT2D eigenvalue weighted by molar-refractivity contribution is 7.10. The molecule has 2 aromatic rings. The van der Waals surface area contributed by atoms with Gasteiger partial charge in [0, 0.05) is 55.4 Å². The van der Waals surface area contributed by atoms with Crippen molar-refractivity contribution in [1.29, 1.82) is 0 Å². The van der Waals surface area contributed by atoms with Crippen molar-refractivity contribution in [2.24, 2.45) is 11.8 Å². The van der Waals surface area contributed by atoms with Gasteiger partial charge in [0.2, 0.25) is 11.8 Å². The molecule has 37 heavy (non-hydrogen) atoms. The van der Waals surface area contributed by atoms with Crippen LogP contribution in [-0.4, -0.2) is 56.3 Å². The van der Waals surface area contributed by atoms with Crippen molar-refractivity contribution in [1.82, 2.24) is 24.7 Å². The Kier molecular flexibility index (Phi) is 7.47. The molecule has 1 aliphatic carbocycles. The van der Waals surface area contributed by atoms with Crippen molar-refractivity contribution in [3.63, 3.8) is 0 Å². The monoisotopic (exact) mass is 529 g/mol. The van der Waals surface area contributed by atoms with Gasteiger partial charge < -0.3 is 14.8 Å². The molecule has 1 N–H and O–H groups in total. The van der Waals surface area contributed by atoms with Gasteiger partial charge in [0.25, 0.3) is 0 Å². The second-order valence-corrected chi connectivity index (χ2v) is 12.4. The maximum atomic E-state index is 13.7. The Morgan fingerprint density at radius 1 is 1.27 bits per heavy atom. The van der Waals surface area contributed by atoms with E-state index in [0.29, 0.717) is 30.6 Å². The summed E-state index contributed by atoms with van der Waals surface area (Å²) in [6, 6.07) is 4.56. The van der Waals surface area contributed by atoms with E-state index in [4.69, 9.17) is 4.98 Å². The molecule has 4 unspecified atom stereocenters. The molecule has 0 radical (unpaired) electrons. The van der Waals surface area contributed by atoms with Crippen LogP contribution in [0.5, 0.6) is 0 Å². The molecule has 0 bridgehead atoms. The van der Waals surface area contributed by atoms with Crippen LogP contribution in [0.1, 0.15) is 87.6 Å². The summed E-state index contributed by atoms with van der Waals surface area (Å²) in [5, 5.41) is 2.82. The molecule has 0 aromatic carbocycles. The normalized spacial score (nSPS) is 26.1. The number of rotatable bonds is 8. The standard InChI is InChI=1S/C28H40FN5O2S/c1-6-23-20-13-19(34-17(4)30-21-9-11-32(15-25(21)34)28(36)16(2)3)14-24(20)33(23)12-10-22(31-18(5)35)26-7-8-27(29)37-26/h7-8,16,19-20,22-24H,6,9-15H2,1-5H3,(H,31,35)/t19?,20?,22-,23?,24?/m0/s1. The van der Waals surface area contributed by atoms with E-state index in [1.54, 1.807) is 6.07 Å². The van der Waals surface area contributed by atoms with Crippen LogP contribution in [-0.2, 0) is 22.6 Å². The van der Waals surface area contributed by atoms with E-state index in [-0.39, 0.29) is 28.9 Å². The Labute approximate surface area is 223 Å². The fourth-order valence-corrected chi connectivity index (χ4v) is 7.98. The molecule has 2 amide bonds. The number of imidazole rings is 1. The van der Waals surface area contributed by atoms with E-state index in [2.05, 4.69) is 28.6 Å². The van der Waals surface area contributed by atoms with Crippen LogP contribution in [0, 0.1) is 23.9 Å². The molecule has 4 heterocycles. The number of nitrogens with one attached hydrogen (secondary N) is 1. The Bertz CT molecular complexity index is 1160. The van der Waals surface area contributed by atoms with Gasteiger partial charge in [-0.3, -0.25) is 14.5 Å². The largest absolute Gasteiger partial charge is 0.349 e. The van der Waals surface area contributed by atoms with Crippen molar-refractivity contribution in [2.75, 3.05) is 13.1 Å². The van der Waals surface area contributed by atoms with Crippen molar-refractivity contribution in [3.8, 4) is 0 Å². The molecule has 7 nitrogen and oxygen atoms in total. The van der Waals surface area contributed by atoms with E-state index < -0.39 is 0 Å².